The van der Waals surface area contributed by atoms with Crippen LogP contribution in [-0.4, -0.2) is 50.9 Å². The van der Waals surface area contributed by atoms with Gasteiger partial charge < -0.3 is 15.0 Å². The van der Waals surface area contributed by atoms with E-state index in [9.17, 15) is 18.0 Å². The summed E-state index contributed by atoms with van der Waals surface area (Å²) in [5.74, 6) is -0.281. The normalized spacial score (nSPS) is 14.5. The summed E-state index contributed by atoms with van der Waals surface area (Å²) in [6.07, 6.45) is 4.99. The molecular weight excluding hydrogens is 609 g/mol. The van der Waals surface area contributed by atoms with Gasteiger partial charge in [-0.15, -0.1) is 0 Å². The SMILES string of the molecule is COc1cccc(CN(C(=O)CN(c2cc(Cl)ccc2Cl)S(=O)(=O)c2ccc(C)cc2)[C@@H](C)C(=O)NC2CCCCC2)c1. The fourth-order valence-electron chi connectivity index (χ4n) is 5.15. The third-order valence-corrected chi connectivity index (χ3v) is 10.00. The van der Waals surface area contributed by atoms with Gasteiger partial charge in [0.15, 0.2) is 0 Å². The highest BCUT2D eigenvalue weighted by atomic mass is 35.5. The number of benzene rings is 3. The first-order chi connectivity index (χ1) is 20.5. The van der Waals surface area contributed by atoms with Crippen molar-refractivity contribution in [3.63, 3.8) is 0 Å². The summed E-state index contributed by atoms with van der Waals surface area (Å²) in [6.45, 7) is 2.95. The number of methoxy groups -OCH3 is 1. The van der Waals surface area contributed by atoms with Crippen LogP contribution in [0.3, 0.4) is 0 Å². The van der Waals surface area contributed by atoms with Gasteiger partial charge in [0.1, 0.15) is 18.3 Å². The molecule has 0 aliphatic heterocycles. The van der Waals surface area contributed by atoms with Crippen LogP contribution in [0.15, 0.2) is 71.6 Å². The van der Waals surface area contributed by atoms with Gasteiger partial charge in [-0.2, -0.15) is 0 Å². The molecule has 0 bridgehead atoms. The van der Waals surface area contributed by atoms with Crippen LogP contribution < -0.4 is 14.4 Å². The number of hydrogen-bond donors (Lipinski definition) is 1. The summed E-state index contributed by atoms with van der Waals surface area (Å²) in [5, 5.41) is 3.46. The molecule has 0 aromatic heterocycles. The number of sulfonamides is 1. The van der Waals surface area contributed by atoms with E-state index < -0.39 is 28.5 Å². The van der Waals surface area contributed by atoms with Crippen LogP contribution in [0.4, 0.5) is 5.69 Å². The van der Waals surface area contributed by atoms with Crippen molar-refractivity contribution in [3.8, 4) is 5.75 Å². The molecule has 0 spiro atoms. The first-order valence-electron chi connectivity index (χ1n) is 14.3. The molecule has 1 N–H and O–H groups in total. The largest absolute Gasteiger partial charge is 0.497 e. The molecule has 4 rings (SSSR count). The first-order valence-corrected chi connectivity index (χ1v) is 16.5. The van der Waals surface area contributed by atoms with Crippen LogP contribution >= 0.6 is 23.2 Å². The van der Waals surface area contributed by atoms with Crippen molar-refractivity contribution < 1.29 is 22.7 Å². The average molecular weight is 647 g/mol. The Morgan fingerprint density at radius 1 is 1.00 bits per heavy atom. The maximum absolute atomic E-state index is 14.2. The van der Waals surface area contributed by atoms with Crippen LogP contribution in [0.1, 0.15) is 50.2 Å². The lowest BCUT2D eigenvalue weighted by molar-refractivity contribution is -0.139. The van der Waals surface area contributed by atoms with E-state index in [2.05, 4.69) is 5.32 Å². The van der Waals surface area contributed by atoms with Crippen LogP contribution in [0.5, 0.6) is 5.75 Å². The molecule has 3 aromatic rings. The minimum Gasteiger partial charge on any atom is -0.497 e. The maximum Gasteiger partial charge on any atom is 0.264 e. The van der Waals surface area contributed by atoms with Crippen LogP contribution in [0.25, 0.3) is 0 Å². The second kappa shape index (κ2) is 14.5. The van der Waals surface area contributed by atoms with Crippen molar-refractivity contribution >= 4 is 50.7 Å². The number of carbonyl (C=O) groups is 2. The molecule has 8 nitrogen and oxygen atoms in total. The van der Waals surface area contributed by atoms with Gasteiger partial charge in [0, 0.05) is 17.6 Å². The smallest absolute Gasteiger partial charge is 0.264 e. The molecule has 1 atom stereocenters. The molecule has 43 heavy (non-hydrogen) atoms. The van der Waals surface area contributed by atoms with Crippen molar-refractivity contribution in [2.45, 2.75) is 69.5 Å². The van der Waals surface area contributed by atoms with Crippen LogP contribution in [0.2, 0.25) is 10.0 Å². The fourth-order valence-corrected chi connectivity index (χ4v) is 7.01. The van der Waals surface area contributed by atoms with E-state index in [1.165, 1.54) is 29.2 Å². The van der Waals surface area contributed by atoms with Crippen molar-refractivity contribution in [3.05, 3.63) is 87.9 Å². The van der Waals surface area contributed by atoms with E-state index in [0.29, 0.717) is 5.75 Å². The number of carbonyl (C=O) groups excluding carboxylic acids is 2. The fraction of sp³-hybridized carbons (Fsp3) is 0.375. The number of hydrogen-bond acceptors (Lipinski definition) is 5. The number of amides is 2. The van der Waals surface area contributed by atoms with Gasteiger partial charge in [-0.3, -0.25) is 13.9 Å². The lowest BCUT2D eigenvalue weighted by Gasteiger charge is -2.33. The summed E-state index contributed by atoms with van der Waals surface area (Å²) < 4.78 is 34.4. The maximum atomic E-state index is 14.2. The highest BCUT2D eigenvalue weighted by Gasteiger charge is 2.34. The lowest BCUT2D eigenvalue weighted by atomic mass is 9.95. The van der Waals surface area contributed by atoms with E-state index in [0.717, 1.165) is 47.5 Å². The van der Waals surface area contributed by atoms with Crippen molar-refractivity contribution in [2.24, 2.45) is 0 Å². The topological polar surface area (TPSA) is 96.0 Å². The molecule has 0 heterocycles. The van der Waals surface area contributed by atoms with E-state index in [-0.39, 0.29) is 39.1 Å². The number of aryl methyl sites for hydroxylation is 1. The number of anilines is 1. The van der Waals surface area contributed by atoms with Gasteiger partial charge in [-0.1, -0.05) is 72.3 Å². The minimum atomic E-state index is -4.27. The van der Waals surface area contributed by atoms with E-state index in [4.69, 9.17) is 27.9 Å². The first kappa shape index (κ1) is 32.6. The lowest BCUT2D eigenvalue weighted by Crippen LogP contribution is -2.53. The molecular formula is C32H37Cl2N3O5S. The standard InChI is InChI=1S/C32H37Cl2N3O5S/c1-22-12-15-28(16-13-22)43(40,41)37(30-19-25(33)14-17-29(30)34)21-31(38)36(20-24-8-7-11-27(18-24)42-3)23(2)32(39)35-26-9-5-4-6-10-26/h7-8,11-19,23,26H,4-6,9-10,20-21H2,1-3H3,(H,35,39)/t23-/m0/s1. The van der Waals surface area contributed by atoms with Gasteiger partial charge in [0.2, 0.25) is 11.8 Å². The molecule has 11 heteroatoms. The molecule has 0 radical (unpaired) electrons. The van der Waals surface area contributed by atoms with Gasteiger partial charge in [0.05, 0.1) is 22.7 Å². The number of nitrogens with one attached hydrogen (secondary N) is 1. The highest BCUT2D eigenvalue weighted by Crippen LogP contribution is 2.33. The van der Waals surface area contributed by atoms with Gasteiger partial charge in [-0.25, -0.2) is 8.42 Å². The van der Waals surface area contributed by atoms with Crippen LogP contribution in [-0.2, 0) is 26.2 Å². The summed E-state index contributed by atoms with van der Waals surface area (Å²) in [6, 6.07) is 17.1. The zero-order chi connectivity index (χ0) is 31.1. The Kier molecular flexibility index (Phi) is 11.0. The molecule has 0 unspecified atom stereocenters. The average Bonchev–Trinajstić information content (AvgIpc) is 3.00. The third-order valence-electron chi connectivity index (χ3n) is 7.67. The van der Waals surface area contributed by atoms with Gasteiger partial charge in [-0.05, 0) is 74.7 Å². The molecule has 1 fully saturated rings. The van der Waals surface area contributed by atoms with Crippen molar-refractivity contribution in [1.82, 2.24) is 10.2 Å². The van der Waals surface area contributed by atoms with Crippen molar-refractivity contribution in [2.75, 3.05) is 18.0 Å². The Morgan fingerprint density at radius 2 is 1.70 bits per heavy atom. The van der Waals surface area contributed by atoms with Crippen LogP contribution in [0, 0.1) is 6.92 Å². The Balaban J connectivity index is 1.71. The summed E-state index contributed by atoms with van der Waals surface area (Å²) in [5.41, 5.74) is 1.66. The van der Waals surface area contributed by atoms with E-state index >= 15 is 0 Å². The van der Waals surface area contributed by atoms with E-state index in [1.54, 1.807) is 50.4 Å². The Morgan fingerprint density at radius 3 is 2.37 bits per heavy atom. The van der Waals surface area contributed by atoms with E-state index in [1.807, 2.05) is 13.0 Å². The summed E-state index contributed by atoms with van der Waals surface area (Å²) in [4.78, 5) is 29.0. The Bertz CT molecular complexity index is 1540. The van der Waals surface area contributed by atoms with Crippen molar-refractivity contribution in [1.29, 1.82) is 0 Å². The molecule has 1 aliphatic carbocycles. The molecule has 3 aromatic carbocycles. The zero-order valence-electron chi connectivity index (χ0n) is 24.6. The molecule has 1 saturated carbocycles. The second-order valence-corrected chi connectivity index (χ2v) is 13.5. The predicted octanol–water partition coefficient (Wildman–Crippen LogP) is 6.37. The Hall–Kier alpha value is -3.27. The molecule has 230 valence electrons. The monoisotopic (exact) mass is 645 g/mol. The number of halogens is 2. The number of nitrogens with zero attached hydrogens (tertiary/aromatic N) is 2. The number of ether oxygens (including phenoxy) is 1. The molecule has 2 amide bonds. The molecule has 1 aliphatic rings. The quantitative estimate of drug-likeness (QED) is 0.261. The highest BCUT2D eigenvalue weighted by molar-refractivity contribution is 7.92. The summed E-state index contributed by atoms with van der Waals surface area (Å²) in [7, 11) is -2.72. The zero-order valence-corrected chi connectivity index (χ0v) is 26.9. The second-order valence-electron chi connectivity index (χ2n) is 10.8. The Labute approximate surface area is 264 Å². The predicted molar refractivity (Wildman–Crippen MR) is 170 cm³/mol. The van der Waals surface area contributed by atoms with Gasteiger partial charge in [0.25, 0.3) is 10.0 Å². The third kappa shape index (κ3) is 8.22. The molecule has 0 saturated heterocycles. The number of rotatable bonds is 11. The summed E-state index contributed by atoms with van der Waals surface area (Å²) >= 11 is 12.7. The van der Waals surface area contributed by atoms with Gasteiger partial charge >= 0.3 is 0 Å². The minimum absolute atomic E-state index is 0.00984.